The number of carbonyl (C=O) groups excluding carboxylic acids is 2. The van der Waals surface area contributed by atoms with E-state index in [1.165, 1.54) is 0 Å². The van der Waals surface area contributed by atoms with Gasteiger partial charge in [-0.05, 0) is 55.2 Å². The summed E-state index contributed by atoms with van der Waals surface area (Å²) in [6, 6.07) is 12.8. The van der Waals surface area contributed by atoms with E-state index in [2.05, 4.69) is 10.2 Å². The predicted octanol–water partition coefficient (Wildman–Crippen LogP) is 4.06. The predicted molar refractivity (Wildman–Crippen MR) is 111 cm³/mol. The molecule has 0 radical (unpaired) electrons. The molecule has 0 aromatic heterocycles. The average Bonchev–Trinajstić information content (AvgIpc) is 2.97. The molecule has 0 spiro atoms. The van der Waals surface area contributed by atoms with Gasteiger partial charge in [-0.3, -0.25) is 9.59 Å². The molecule has 0 bridgehead atoms. The first-order valence-corrected chi connectivity index (χ1v) is 10.1. The standard InChI is InChI=1S/C22H24ClN3O2/c1-25-19-13-16(21(27)24-14-15-6-9-17(23)10-7-15)8-11-18(19)22(28)26-12-4-2-3-5-20(25)26/h6-11,13,20H,2-5,12,14H2,1H3,(H,24,27)/t20-/m1/s1. The molecule has 146 valence electrons. The van der Waals surface area contributed by atoms with Gasteiger partial charge in [0, 0.05) is 30.7 Å². The zero-order valence-electron chi connectivity index (χ0n) is 16.0. The number of amides is 2. The SMILES string of the molecule is CN1c2cc(C(=O)NCc3ccc(Cl)cc3)ccc2C(=O)N2CCCCC[C@@H]21. The summed E-state index contributed by atoms with van der Waals surface area (Å²) in [5, 5.41) is 3.61. The zero-order chi connectivity index (χ0) is 19.7. The van der Waals surface area contributed by atoms with Gasteiger partial charge in [0.25, 0.3) is 11.8 Å². The summed E-state index contributed by atoms with van der Waals surface area (Å²) in [6.45, 7) is 1.23. The Morgan fingerprint density at radius 2 is 1.93 bits per heavy atom. The van der Waals surface area contributed by atoms with Crippen molar-refractivity contribution in [2.45, 2.75) is 38.4 Å². The molecule has 1 atom stereocenters. The Kier molecular flexibility index (Phi) is 5.27. The van der Waals surface area contributed by atoms with Gasteiger partial charge in [0.2, 0.25) is 0 Å². The van der Waals surface area contributed by atoms with Crippen molar-refractivity contribution in [3.63, 3.8) is 0 Å². The lowest BCUT2D eigenvalue weighted by molar-refractivity contribution is 0.0661. The van der Waals surface area contributed by atoms with Crippen molar-refractivity contribution < 1.29 is 9.59 Å². The molecule has 1 fully saturated rings. The maximum absolute atomic E-state index is 13.0. The number of nitrogens with zero attached hydrogens (tertiary/aromatic N) is 2. The summed E-state index contributed by atoms with van der Waals surface area (Å²) in [5.74, 6) is -0.0741. The Bertz CT molecular complexity index is 897. The molecular formula is C22H24ClN3O2. The van der Waals surface area contributed by atoms with Crippen LogP contribution in [0.25, 0.3) is 0 Å². The van der Waals surface area contributed by atoms with Gasteiger partial charge in [-0.1, -0.05) is 30.2 Å². The lowest BCUT2D eigenvalue weighted by atomic mass is 10.0. The number of anilines is 1. The van der Waals surface area contributed by atoms with Gasteiger partial charge >= 0.3 is 0 Å². The van der Waals surface area contributed by atoms with Crippen molar-refractivity contribution in [3.8, 4) is 0 Å². The quantitative estimate of drug-likeness (QED) is 0.849. The lowest BCUT2D eigenvalue weighted by Gasteiger charge is -2.43. The van der Waals surface area contributed by atoms with Crippen molar-refractivity contribution >= 4 is 29.1 Å². The summed E-state index contributed by atoms with van der Waals surface area (Å²) < 4.78 is 0. The fraction of sp³-hybridized carbons (Fsp3) is 0.364. The van der Waals surface area contributed by atoms with Crippen LogP contribution in [-0.4, -0.2) is 36.5 Å². The fourth-order valence-electron chi connectivity index (χ4n) is 4.08. The highest BCUT2D eigenvalue weighted by Gasteiger charge is 2.36. The number of rotatable bonds is 3. The number of carbonyl (C=O) groups is 2. The van der Waals surface area contributed by atoms with Crippen LogP contribution in [0, 0.1) is 0 Å². The molecule has 0 aliphatic carbocycles. The van der Waals surface area contributed by atoms with E-state index in [1.54, 1.807) is 24.3 Å². The molecule has 1 N–H and O–H groups in total. The van der Waals surface area contributed by atoms with E-state index in [0.717, 1.165) is 43.5 Å². The normalized spacial score (nSPS) is 18.9. The van der Waals surface area contributed by atoms with Crippen molar-refractivity contribution in [3.05, 3.63) is 64.2 Å². The molecule has 1 saturated heterocycles. The van der Waals surface area contributed by atoms with Crippen LogP contribution in [0.3, 0.4) is 0 Å². The third kappa shape index (κ3) is 3.59. The summed E-state index contributed by atoms with van der Waals surface area (Å²) in [5.41, 5.74) is 3.06. The first-order chi connectivity index (χ1) is 13.5. The third-order valence-electron chi connectivity index (χ3n) is 5.67. The maximum atomic E-state index is 13.0. The van der Waals surface area contributed by atoms with Crippen molar-refractivity contribution in [1.29, 1.82) is 0 Å². The molecule has 2 aromatic rings. The minimum atomic E-state index is -0.151. The van der Waals surface area contributed by atoms with Gasteiger partial charge < -0.3 is 15.1 Å². The largest absolute Gasteiger partial charge is 0.354 e. The molecule has 2 heterocycles. The van der Waals surface area contributed by atoms with E-state index in [-0.39, 0.29) is 18.0 Å². The average molecular weight is 398 g/mol. The Hall–Kier alpha value is -2.53. The van der Waals surface area contributed by atoms with E-state index >= 15 is 0 Å². The van der Waals surface area contributed by atoms with E-state index in [1.807, 2.05) is 30.1 Å². The lowest BCUT2D eigenvalue weighted by Crippen LogP contribution is -2.53. The van der Waals surface area contributed by atoms with Crippen molar-refractivity contribution in [2.24, 2.45) is 0 Å². The Balaban J connectivity index is 1.54. The van der Waals surface area contributed by atoms with E-state index < -0.39 is 0 Å². The first-order valence-electron chi connectivity index (χ1n) is 9.75. The van der Waals surface area contributed by atoms with Crippen LogP contribution in [0.1, 0.15) is 52.0 Å². The van der Waals surface area contributed by atoms with Gasteiger partial charge in [0.05, 0.1) is 11.3 Å². The van der Waals surface area contributed by atoms with Crippen LogP contribution in [0.4, 0.5) is 5.69 Å². The van der Waals surface area contributed by atoms with Crippen LogP contribution in [0.2, 0.25) is 5.02 Å². The second-order valence-electron chi connectivity index (χ2n) is 7.48. The van der Waals surface area contributed by atoms with E-state index in [9.17, 15) is 9.59 Å². The van der Waals surface area contributed by atoms with Crippen LogP contribution in [0.5, 0.6) is 0 Å². The summed E-state index contributed by atoms with van der Waals surface area (Å²) in [7, 11) is 2.02. The van der Waals surface area contributed by atoms with Crippen LogP contribution in [0.15, 0.2) is 42.5 Å². The molecule has 2 aliphatic rings. The number of halogens is 1. The second kappa shape index (κ2) is 7.84. The number of nitrogens with one attached hydrogen (secondary N) is 1. The highest BCUT2D eigenvalue weighted by Crippen LogP contribution is 2.34. The zero-order valence-corrected chi connectivity index (χ0v) is 16.7. The number of benzene rings is 2. The molecule has 2 aliphatic heterocycles. The summed E-state index contributed by atoms with van der Waals surface area (Å²) in [4.78, 5) is 29.7. The molecular weight excluding hydrogens is 374 g/mol. The minimum absolute atomic E-state index is 0.0770. The highest BCUT2D eigenvalue weighted by molar-refractivity contribution is 6.30. The molecule has 4 rings (SSSR count). The van der Waals surface area contributed by atoms with Gasteiger partial charge in [0.1, 0.15) is 6.17 Å². The molecule has 0 unspecified atom stereocenters. The summed E-state index contributed by atoms with van der Waals surface area (Å²) in [6.07, 6.45) is 4.37. The topological polar surface area (TPSA) is 52.7 Å². The van der Waals surface area contributed by atoms with E-state index in [4.69, 9.17) is 11.6 Å². The first kappa shape index (κ1) is 18.8. The Morgan fingerprint density at radius 3 is 2.71 bits per heavy atom. The monoisotopic (exact) mass is 397 g/mol. The number of fused-ring (bicyclic) bond motifs is 2. The molecule has 5 nitrogen and oxygen atoms in total. The Morgan fingerprint density at radius 1 is 1.14 bits per heavy atom. The third-order valence-corrected chi connectivity index (χ3v) is 5.92. The smallest absolute Gasteiger partial charge is 0.257 e. The number of hydrogen-bond donors (Lipinski definition) is 1. The van der Waals surface area contributed by atoms with Crippen LogP contribution in [-0.2, 0) is 6.54 Å². The van der Waals surface area contributed by atoms with Gasteiger partial charge in [0.15, 0.2) is 0 Å². The van der Waals surface area contributed by atoms with E-state index in [0.29, 0.717) is 22.7 Å². The molecule has 2 amide bonds. The van der Waals surface area contributed by atoms with Crippen LogP contribution < -0.4 is 10.2 Å². The molecule has 6 heteroatoms. The Labute approximate surface area is 170 Å². The maximum Gasteiger partial charge on any atom is 0.257 e. The van der Waals surface area contributed by atoms with Gasteiger partial charge in [-0.25, -0.2) is 0 Å². The minimum Gasteiger partial charge on any atom is -0.354 e. The van der Waals surface area contributed by atoms with Gasteiger partial charge in [-0.15, -0.1) is 0 Å². The molecule has 0 saturated carbocycles. The van der Waals surface area contributed by atoms with Crippen LogP contribution >= 0.6 is 11.6 Å². The fourth-order valence-corrected chi connectivity index (χ4v) is 4.20. The summed E-state index contributed by atoms with van der Waals surface area (Å²) >= 11 is 5.90. The van der Waals surface area contributed by atoms with Gasteiger partial charge in [-0.2, -0.15) is 0 Å². The number of hydrogen-bond acceptors (Lipinski definition) is 3. The molecule has 2 aromatic carbocycles. The van der Waals surface area contributed by atoms with Crippen molar-refractivity contribution in [1.82, 2.24) is 10.2 Å². The highest BCUT2D eigenvalue weighted by atomic mass is 35.5. The van der Waals surface area contributed by atoms with Crippen molar-refractivity contribution in [2.75, 3.05) is 18.5 Å². The molecule has 28 heavy (non-hydrogen) atoms. The second-order valence-corrected chi connectivity index (χ2v) is 7.92.